The number of nitrogens with one attached hydrogen (secondary N) is 1. The van der Waals surface area contributed by atoms with Crippen LogP contribution >= 0.6 is 0 Å². The molecule has 0 amide bonds. The maximum atomic E-state index is 5.73. The van der Waals surface area contributed by atoms with Gasteiger partial charge in [-0.25, -0.2) is 0 Å². The molecular weight excluding hydrogens is 274 g/mol. The second-order valence-electron chi connectivity index (χ2n) is 5.35. The summed E-state index contributed by atoms with van der Waals surface area (Å²) in [5.74, 6) is 1.18. The molecule has 0 fully saturated rings. The van der Waals surface area contributed by atoms with Crippen molar-refractivity contribution in [3.63, 3.8) is 0 Å². The van der Waals surface area contributed by atoms with Gasteiger partial charge in [0.2, 0.25) is 11.8 Å². The Morgan fingerprint density at radius 1 is 0.864 bits per heavy atom. The van der Waals surface area contributed by atoms with Crippen LogP contribution in [0.4, 0.5) is 0 Å². The average Bonchev–Trinajstić information content (AvgIpc) is 2.98. The van der Waals surface area contributed by atoms with Gasteiger partial charge in [0.15, 0.2) is 0 Å². The summed E-state index contributed by atoms with van der Waals surface area (Å²) in [5.41, 5.74) is 4.67. The van der Waals surface area contributed by atoms with Gasteiger partial charge in [-0.2, -0.15) is 0 Å². The Morgan fingerprint density at radius 2 is 1.59 bits per heavy atom. The van der Waals surface area contributed by atoms with E-state index in [4.69, 9.17) is 4.42 Å². The third-order valence-corrected chi connectivity index (χ3v) is 3.70. The maximum Gasteiger partial charge on any atom is 0.248 e. The summed E-state index contributed by atoms with van der Waals surface area (Å²) < 4.78 is 5.73. The van der Waals surface area contributed by atoms with Crippen LogP contribution in [0.15, 0.2) is 52.9 Å². The molecule has 0 unspecified atom stereocenters. The smallest absolute Gasteiger partial charge is 0.248 e. The van der Waals surface area contributed by atoms with E-state index in [0.717, 1.165) is 17.7 Å². The molecule has 0 atom stereocenters. The van der Waals surface area contributed by atoms with Gasteiger partial charge in [-0.05, 0) is 36.6 Å². The van der Waals surface area contributed by atoms with E-state index >= 15 is 0 Å². The minimum atomic E-state index is 0.563. The van der Waals surface area contributed by atoms with Gasteiger partial charge in [-0.3, -0.25) is 0 Å². The molecule has 1 aromatic heterocycles. The predicted octanol–water partition coefficient (Wildman–Crippen LogP) is 3.64. The Bertz CT molecular complexity index is 764. The summed E-state index contributed by atoms with van der Waals surface area (Å²) in [6, 6.07) is 16.3. The Hall–Kier alpha value is -2.46. The second kappa shape index (κ2) is 6.54. The number of rotatable bonds is 5. The Morgan fingerprint density at radius 3 is 2.36 bits per heavy atom. The van der Waals surface area contributed by atoms with Crippen LogP contribution in [0.1, 0.15) is 22.6 Å². The van der Waals surface area contributed by atoms with E-state index in [1.807, 2.05) is 43.3 Å². The molecule has 0 spiro atoms. The van der Waals surface area contributed by atoms with Crippen LogP contribution in [0.2, 0.25) is 0 Å². The fourth-order valence-corrected chi connectivity index (χ4v) is 2.36. The van der Waals surface area contributed by atoms with Gasteiger partial charge in [0.1, 0.15) is 0 Å². The molecule has 1 heterocycles. The summed E-state index contributed by atoms with van der Waals surface area (Å²) in [5, 5.41) is 11.6. The number of nitrogens with zero attached hydrogens (tertiary/aromatic N) is 2. The molecule has 3 aromatic rings. The number of hydrogen-bond acceptors (Lipinski definition) is 4. The lowest BCUT2D eigenvalue weighted by atomic mass is 10.1. The third kappa shape index (κ3) is 3.23. The van der Waals surface area contributed by atoms with Crippen LogP contribution in [0.25, 0.3) is 11.5 Å². The van der Waals surface area contributed by atoms with Crippen LogP contribution in [0.5, 0.6) is 0 Å². The molecule has 0 aliphatic heterocycles. The van der Waals surface area contributed by atoms with Crippen LogP contribution in [-0.4, -0.2) is 10.2 Å². The number of benzene rings is 2. The highest BCUT2D eigenvalue weighted by Gasteiger charge is 2.10. The van der Waals surface area contributed by atoms with Crippen molar-refractivity contribution < 1.29 is 4.42 Å². The van der Waals surface area contributed by atoms with Gasteiger partial charge < -0.3 is 9.73 Å². The molecule has 0 bridgehead atoms. The molecule has 0 radical (unpaired) electrons. The molecule has 0 aliphatic carbocycles. The molecule has 22 heavy (non-hydrogen) atoms. The van der Waals surface area contributed by atoms with Crippen LogP contribution < -0.4 is 5.32 Å². The fourth-order valence-electron chi connectivity index (χ4n) is 2.36. The molecule has 0 saturated carbocycles. The largest absolute Gasteiger partial charge is 0.419 e. The zero-order chi connectivity index (χ0) is 15.4. The molecule has 4 nitrogen and oxygen atoms in total. The van der Waals surface area contributed by atoms with Gasteiger partial charge >= 0.3 is 0 Å². The molecule has 1 N–H and O–H groups in total. The molecule has 3 rings (SSSR count). The van der Waals surface area contributed by atoms with Gasteiger partial charge in [0.05, 0.1) is 6.54 Å². The lowest BCUT2D eigenvalue weighted by Gasteiger charge is -2.05. The maximum absolute atomic E-state index is 5.73. The van der Waals surface area contributed by atoms with E-state index < -0.39 is 0 Å². The van der Waals surface area contributed by atoms with Crippen molar-refractivity contribution in [2.24, 2.45) is 0 Å². The zero-order valence-corrected chi connectivity index (χ0v) is 12.8. The van der Waals surface area contributed by atoms with Crippen LogP contribution in [0, 0.1) is 13.8 Å². The fraction of sp³-hybridized carbons (Fsp3) is 0.222. The highest BCUT2D eigenvalue weighted by molar-refractivity contribution is 5.57. The van der Waals surface area contributed by atoms with Crippen molar-refractivity contribution in [2.75, 3.05) is 0 Å². The predicted molar refractivity (Wildman–Crippen MR) is 86.2 cm³/mol. The number of aromatic nitrogens is 2. The highest BCUT2D eigenvalue weighted by atomic mass is 16.4. The van der Waals surface area contributed by atoms with E-state index in [1.165, 1.54) is 11.1 Å². The highest BCUT2D eigenvalue weighted by Crippen LogP contribution is 2.21. The van der Waals surface area contributed by atoms with Gasteiger partial charge in [-0.15, -0.1) is 10.2 Å². The Kier molecular flexibility index (Phi) is 4.30. The summed E-state index contributed by atoms with van der Waals surface area (Å²) in [6.07, 6.45) is 0. The first-order chi connectivity index (χ1) is 10.7. The van der Waals surface area contributed by atoms with Gasteiger partial charge in [0.25, 0.3) is 0 Å². The van der Waals surface area contributed by atoms with Gasteiger partial charge in [0, 0.05) is 12.1 Å². The first kappa shape index (κ1) is 14.5. The van der Waals surface area contributed by atoms with Crippen molar-refractivity contribution in [1.29, 1.82) is 0 Å². The van der Waals surface area contributed by atoms with Gasteiger partial charge in [-0.1, -0.05) is 42.5 Å². The van der Waals surface area contributed by atoms with Crippen molar-refractivity contribution in [3.8, 4) is 11.5 Å². The standard InChI is InChI=1S/C18H19N3O/c1-13-7-3-5-9-15(13)11-19-12-17-20-21-18(22-17)16-10-6-4-8-14(16)2/h3-10,19H,11-12H2,1-2H3. The lowest BCUT2D eigenvalue weighted by molar-refractivity contribution is 0.477. The average molecular weight is 293 g/mol. The summed E-state index contributed by atoms with van der Waals surface area (Å²) >= 11 is 0. The Labute approximate surface area is 130 Å². The normalized spacial score (nSPS) is 10.8. The first-order valence-corrected chi connectivity index (χ1v) is 7.37. The molecule has 4 heteroatoms. The summed E-state index contributed by atoms with van der Waals surface area (Å²) in [6.45, 7) is 5.50. The van der Waals surface area contributed by atoms with E-state index in [2.05, 4.69) is 34.6 Å². The lowest BCUT2D eigenvalue weighted by Crippen LogP contribution is -2.13. The molecule has 112 valence electrons. The van der Waals surface area contributed by atoms with Crippen molar-refractivity contribution >= 4 is 0 Å². The molecule has 0 saturated heterocycles. The van der Waals surface area contributed by atoms with Crippen molar-refractivity contribution in [2.45, 2.75) is 26.9 Å². The van der Waals surface area contributed by atoms with Crippen LogP contribution in [0.3, 0.4) is 0 Å². The van der Waals surface area contributed by atoms with Crippen LogP contribution in [-0.2, 0) is 13.1 Å². The van der Waals surface area contributed by atoms with E-state index in [9.17, 15) is 0 Å². The SMILES string of the molecule is Cc1ccccc1CNCc1nnc(-c2ccccc2C)o1. The van der Waals surface area contributed by atoms with E-state index in [0.29, 0.717) is 18.3 Å². The first-order valence-electron chi connectivity index (χ1n) is 7.37. The summed E-state index contributed by atoms with van der Waals surface area (Å²) in [4.78, 5) is 0. The number of hydrogen-bond donors (Lipinski definition) is 1. The summed E-state index contributed by atoms with van der Waals surface area (Å²) in [7, 11) is 0. The monoisotopic (exact) mass is 293 g/mol. The second-order valence-corrected chi connectivity index (χ2v) is 5.35. The minimum Gasteiger partial charge on any atom is -0.419 e. The van der Waals surface area contributed by atoms with E-state index in [-0.39, 0.29) is 0 Å². The third-order valence-electron chi connectivity index (χ3n) is 3.70. The Balaban J connectivity index is 1.63. The topological polar surface area (TPSA) is 51.0 Å². The van der Waals surface area contributed by atoms with E-state index in [1.54, 1.807) is 0 Å². The van der Waals surface area contributed by atoms with Crippen molar-refractivity contribution in [1.82, 2.24) is 15.5 Å². The van der Waals surface area contributed by atoms with Crippen molar-refractivity contribution in [3.05, 3.63) is 71.1 Å². The quantitative estimate of drug-likeness (QED) is 0.780. The minimum absolute atomic E-state index is 0.563. The number of aryl methyl sites for hydroxylation is 2. The molecule has 2 aromatic carbocycles. The molecule has 0 aliphatic rings. The molecular formula is C18H19N3O. The zero-order valence-electron chi connectivity index (χ0n) is 12.8.